The minimum Gasteiger partial charge on any atom is -0.444 e. The van der Waals surface area contributed by atoms with Crippen LogP contribution in [0.15, 0.2) is 59.2 Å². The van der Waals surface area contributed by atoms with Crippen molar-refractivity contribution in [3.63, 3.8) is 0 Å². The molecule has 0 amide bonds. The number of aliphatic hydroxyl groups excluding tert-OH is 2. The van der Waals surface area contributed by atoms with Crippen LogP contribution in [0, 0.1) is 0 Å². The molecule has 4 N–H and O–H groups in total. The van der Waals surface area contributed by atoms with Crippen LogP contribution in [-0.2, 0) is 12.6 Å². The highest BCUT2D eigenvalue weighted by molar-refractivity contribution is 5.63. The summed E-state index contributed by atoms with van der Waals surface area (Å²) in [6.07, 6.45) is -1.92. The minimum absolute atomic E-state index is 0.233. The van der Waals surface area contributed by atoms with Crippen LogP contribution in [0.25, 0.3) is 22.7 Å². The number of rotatable bonds is 7. The lowest BCUT2D eigenvalue weighted by Gasteiger charge is -2.24. The number of aromatic nitrogens is 1. The van der Waals surface area contributed by atoms with Crippen LogP contribution in [0.5, 0.6) is 0 Å². The zero-order chi connectivity index (χ0) is 21.1. The highest BCUT2D eigenvalue weighted by atomic mass is 19.4. The quantitative estimate of drug-likeness (QED) is 0.557. The van der Waals surface area contributed by atoms with Crippen LogP contribution in [0.2, 0.25) is 0 Å². The fraction of sp³-hybridized carbons (Fsp3) is 0.286. The average Bonchev–Trinajstić information content (AvgIpc) is 3.22. The first kappa shape index (κ1) is 21.0. The molecule has 0 radical (unpaired) electrons. The summed E-state index contributed by atoms with van der Waals surface area (Å²) in [6, 6.07) is 12.1. The van der Waals surface area contributed by atoms with Crippen LogP contribution >= 0.6 is 0 Å². The molecule has 0 fully saturated rings. The van der Waals surface area contributed by atoms with Gasteiger partial charge >= 0.3 is 6.18 Å². The number of nitrogens with two attached hydrogens (primary N) is 1. The number of oxazole rings is 1. The number of halogens is 3. The van der Waals surface area contributed by atoms with Gasteiger partial charge in [0, 0.05) is 11.1 Å². The van der Waals surface area contributed by atoms with Crippen LogP contribution in [0.3, 0.4) is 0 Å². The highest BCUT2D eigenvalue weighted by Crippen LogP contribution is 2.31. The molecule has 0 spiro atoms. The van der Waals surface area contributed by atoms with E-state index in [1.807, 2.05) is 24.3 Å². The van der Waals surface area contributed by atoms with Crippen LogP contribution in [0.4, 0.5) is 13.2 Å². The second-order valence-corrected chi connectivity index (χ2v) is 6.99. The van der Waals surface area contributed by atoms with Gasteiger partial charge in [-0.15, -0.1) is 0 Å². The van der Waals surface area contributed by atoms with E-state index in [2.05, 4.69) is 4.98 Å². The van der Waals surface area contributed by atoms with Gasteiger partial charge in [-0.1, -0.05) is 24.3 Å². The van der Waals surface area contributed by atoms with Crippen molar-refractivity contribution in [1.29, 1.82) is 0 Å². The molecule has 29 heavy (non-hydrogen) atoms. The topological polar surface area (TPSA) is 92.5 Å². The van der Waals surface area contributed by atoms with Crippen LogP contribution < -0.4 is 5.73 Å². The van der Waals surface area contributed by atoms with Gasteiger partial charge in [0.05, 0.1) is 24.3 Å². The second-order valence-electron chi connectivity index (χ2n) is 6.99. The van der Waals surface area contributed by atoms with Crippen molar-refractivity contribution in [3.05, 3.63) is 65.9 Å². The van der Waals surface area contributed by atoms with E-state index < -0.39 is 17.3 Å². The zero-order valence-corrected chi connectivity index (χ0v) is 15.5. The molecule has 1 aromatic heterocycles. The van der Waals surface area contributed by atoms with Gasteiger partial charge in [0.2, 0.25) is 5.89 Å². The van der Waals surface area contributed by atoms with Gasteiger partial charge in [-0.05, 0) is 42.7 Å². The van der Waals surface area contributed by atoms with E-state index in [1.54, 1.807) is 0 Å². The van der Waals surface area contributed by atoms with E-state index in [9.17, 15) is 23.4 Å². The van der Waals surface area contributed by atoms with Crippen LogP contribution in [0.1, 0.15) is 17.5 Å². The number of alkyl halides is 3. The number of aryl methyl sites for hydroxylation is 1. The second kappa shape index (κ2) is 8.36. The monoisotopic (exact) mass is 406 g/mol. The van der Waals surface area contributed by atoms with E-state index in [0.717, 1.165) is 23.3 Å². The predicted molar refractivity (Wildman–Crippen MR) is 102 cm³/mol. The summed E-state index contributed by atoms with van der Waals surface area (Å²) in [4.78, 5) is 4.35. The normalized spacial score (nSPS) is 12.3. The van der Waals surface area contributed by atoms with E-state index >= 15 is 0 Å². The van der Waals surface area contributed by atoms with E-state index in [0.29, 0.717) is 24.1 Å². The molecule has 1 heterocycles. The molecule has 0 aliphatic carbocycles. The van der Waals surface area contributed by atoms with Crippen molar-refractivity contribution < 1.29 is 27.8 Å². The first-order valence-corrected chi connectivity index (χ1v) is 8.97. The molecule has 0 aliphatic heterocycles. The Kier molecular flexibility index (Phi) is 6.07. The Labute approximate surface area is 165 Å². The molecule has 0 saturated carbocycles. The highest BCUT2D eigenvalue weighted by Gasteiger charge is 2.30. The van der Waals surface area contributed by atoms with Crippen LogP contribution in [-0.4, -0.2) is 33.9 Å². The Morgan fingerprint density at radius 3 is 2.03 bits per heavy atom. The maximum absolute atomic E-state index is 12.7. The first-order valence-electron chi connectivity index (χ1n) is 8.97. The third kappa shape index (κ3) is 5.03. The summed E-state index contributed by atoms with van der Waals surface area (Å²) in [6.45, 7) is -0.597. The molecule has 0 saturated heterocycles. The third-order valence-electron chi connectivity index (χ3n) is 4.75. The first-order chi connectivity index (χ1) is 13.7. The third-order valence-corrected chi connectivity index (χ3v) is 4.75. The maximum atomic E-state index is 12.7. The standard InChI is InChI=1S/C21H21F3N2O3/c22-21(23,24)17-7-5-16(6-8-17)19-26-18(11-29-19)15-3-1-14(2-4-15)9-10-20(25,12-27)13-28/h1-8,11,27-28H,9-10,12-13,25H2. The fourth-order valence-corrected chi connectivity index (χ4v) is 2.78. The Bertz CT molecular complexity index is 931. The smallest absolute Gasteiger partial charge is 0.416 e. The van der Waals surface area contributed by atoms with E-state index in [-0.39, 0.29) is 19.1 Å². The van der Waals surface area contributed by atoms with Crippen molar-refractivity contribution in [1.82, 2.24) is 4.98 Å². The molecule has 0 bridgehead atoms. The average molecular weight is 406 g/mol. The Morgan fingerprint density at radius 1 is 0.897 bits per heavy atom. The molecular formula is C21H21F3N2O3. The van der Waals surface area contributed by atoms with Crippen molar-refractivity contribution in [2.45, 2.75) is 24.6 Å². The summed E-state index contributed by atoms with van der Waals surface area (Å²) in [5.74, 6) is 0.233. The molecule has 154 valence electrons. The zero-order valence-electron chi connectivity index (χ0n) is 15.5. The summed E-state index contributed by atoms with van der Waals surface area (Å²) in [5.41, 5.74) is 6.92. The Hall–Kier alpha value is -2.68. The Morgan fingerprint density at radius 2 is 1.48 bits per heavy atom. The number of benzene rings is 2. The number of aliphatic hydroxyl groups is 2. The minimum atomic E-state index is -4.39. The summed E-state index contributed by atoms with van der Waals surface area (Å²) in [5, 5.41) is 18.5. The van der Waals surface area contributed by atoms with Gasteiger partial charge < -0.3 is 20.4 Å². The van der Waals surface area contributed by atoms with Crippen molar-refractivity contribution in [3.8, 4) is 22.7 Å². The fourth-order valence-electron chi connectivity index (χ4n) is 2.78. The van der Waals surface area contributed by atoms with E-state index in [4.69, 9.17) is 10.2 Å². The number of hydrogen-bond acceptors (Lipinski definition) is 5. The van der Waals surface area contributed by atoms with Gasteiger partial charge in [0.15, 0.2) is 0 Å². The molecule has 0 aliphatic rings. The van der Waals surface area contributed by atoms with Gasteiger partial charge in [-0.25, -0.2) is 4.98 Å². The van der Waals surface area contributed by atoms with Gasteiger partial charge in [0.1, 0.15) is 12.0 Å². The number of hydrogen-bond donors (Lipinski definition) is 3. The van der Waals surface area contributed by atoms with E-state index in [1.165, 1.54) is 18.4 Å². The van der Waals surface area contributed by atoms with Gasteiger partial charge in [-0.2, -0.15) is 13.2 Å². The lowest BCUT2D eigenvalue weighted by atomic mass is 9.93. The Balaban J connectivity index is 1.70. The lowest BCUT2D eigenvalue weighted by molar-refractivity contribution is -0.137. The molecule has 0 unspecified atom stereocenters. The molecule has 8 heteroatoms. The van der Waals surface area contributed by atoms with Gasteiger partial charge in [0.25, 0.3) is 0 Å². The molecular weight excluding hydrogens is 385 g/mol. The molecule has 2 aromatic carbocycles. The molecule has 5 nitrogen and oxygen atoms in total. The predicted octanol–water partition coefficient (Wildman–Crippen LogP) is 3.64. The molecule has 3 rings (SSSR count). The number of nitrogens with zero attached hydrogens (tertiary/aromatic N) is 1. The summed E-state index contributed by atoms with van der Waals surface area (Å²) >= 11 is 0. The maximum Gasteiger partial charge on any atom is 0.416 e. The molecule has 3 aromatic rings. The largest absolute Gasteiger partial charge is 0.444 e. The van der Waals surface area contributed by atoms with Gasteiger partial charge in [-0.3, -0.25) is 0 Å². The van der Waals surface area contributed by atoms with Crippen molar-refractivity contribution in [2.24, 2.45) is 5.73 Å². The summed E-state index contributed by atoms with van der Waals surface area (Å²) < 4.78 is 43.4. The molecule has 0 atom stereocenters. The van der Waals surface area contributed by atoms with Crippen molar-refractivity contribution >= 4 is 0 Å². The lowest BCUT2D eigenvalue weighted by Crippen LogP contribution is -2.47. The SMILES string of the molecule is NC(CO)(CO)CCc1ccc(-c2coc(-c3ccc(C(F)(F)F)cc3)n2)cc1. The van der Waals surface area contributed by atoms with Crippen molar-refractivity contribution in [2.75, 3.05) is 13.2 Å². The summed E-state index contributed by atoms with van der Waals surface area (Å²) in [7, 11) is 0.